The fourth-order valence-corrected chi connectivity index (χ4v) is 3.15. The highest BCUT2D eigenvalue weighted by atomic mass is 32.2. The molecule has 1 fully saturated rings. The van der Waals surface area contributed by atoms with Crippen molar-refractivity contribution in [2.75, 3.05) is 32.1 Å². The Morgan fingerprint density at radius 2 is 2.19 bits per heavy atom. The molecule has 0 aliphatic carbocycles. The van der Waals surface area contributed by atoms with Crippen LogP contribution in [0.25, 0.3) is 0 Å². The minimum Gasteiger partial charge on any atom is -0.380 e. The topological polar surface area (TPSA) is 41.6 Å². The first-order chi connectivity index (χ1) is 10.3. The summed E-state index contributed by atoms with van der Waals surface area (Å²) in [5.74, 6) is 1.02. The number of amides is 2. The Bertz CT molecular complexity index is 428. The van der Waals surface area contributed by atoms with Crippen molar-refractivity contribution in [3.05, 3.63) is 30.3 Å². The molecule has 0 aromatic heterocycles. The fourth-order valence-electron chi connectivity index (χ4n) is 2.27. The van der Waals surface area contributed by atoms with Gasteiger partial charge >= 0.3 is 6.03 Å². The van der Waals surface area contributed by atoms with E-state index in [0.717, 1.165) is 31.7 Å². The van der Waals surface area contributed by atoms with Gasteiger partial charge in [0.2, 0.25) is 0 Å². The number of carbonyl (C=O) groups excluding carboxylic acids is 1. The molecule has 1 aliphatic rings. The van der Waals surface area contributed by atoms with E-state index >= 15 is 0 Å². The van der Waals surface area contributed by atoms with Crippen LogP contribution in [-0.2, 0) is 4.74 Å². The highest BCUT2D eigenvalue weighted by Gasteiger charge is 2.21. The zero-order chi connectivity index (χ0) is 14.9. The first-order valence-electron chi connectivity index (χ1n) is 7.57. The first-order valence-corrected chi connectivity index (χ1v) is 8.56. The number of ether oxygens (including phenoxy) is 1. The largest absolute Gasteiger partial charge is 0.380 e. The van der Waals surface area contributed by atoms with E-state index in [0.29, 0.717) is 13.2 Å². The van der Waals surface area contributed by atoms with Crippen LogP contribution in [0, 0.1) is 0 Å². The molecule has 1 saturated heterocycles. The molecule has 116 valence electrons. The number of benzene rings is 1. The number of nitrogens with zero attached hydrogens (tertiary/aromatic N) is 1. The Morgan fingerprint density at radius 1 is 1.38 bits per heavy atom. The minimum atomic E-state index is 0.0395. The number of hydrogen-bond donors (Lipinski definition) is 1. The monoisotopic (exact) mass is 308 g/mol. The molecule has 0 radical (unpaired) electrons. The van der Waals surface area contributed by atoms with Gasteiger partial charge in [-0.1, -0.05) is 18.2 Å². The lowest BCUT2D eigenvalue weighted by atomic mass is 10.2. The molecule has 1 atom stereocenters. The molecule has 1 heterocycles. The summed E-state index contributed by atoms with van der Waals surface area (Å²) in [5, 5.41) is 3.01. The molecular weight excluding hydrogens is 284 g/mol. The zero-order valence-corrected chi connectivity index (χ0v) is 13.4. The molecule has 1 N–H and O–H groups in total. The van der Waals surface area contributed by atoms with E-state index in [2.05, 4.69) is 24.4 Å². The highest BCUT2D eigenvalue weighted by Crippen LogP contribution is 2.17. The predicted molar refractivity (Wildman–Crippen MR) is 86.8 cm³/mol. The summed E-state index contributed by atoms with van der Waals surface area (Å²) in [5.41, 5.74) is 0. The van der Waals surface area contributed by atoms with Crippen LogP contribution in [0.1, 0.15) is 19.8 Å². The summed E-state index contributed by atoms with van der Waals surface area (Å²) in [6.45, 7) is 4.88. The van der Waals surface area contributed by atoms with Gasteiger partial charge in [0.15, 0.2) is 0 Å². The molecule has 2 amide bonds. The lowest BCUT2D eigenvalue weighted by Gasteiger charge is -2.26. The summed E-state index contributed by atoms with van der Waals surface area (Å²) in [6.07, 6.45) is 1.89. The van der Waals surface area contributed by atoms with Crippen LogP contribution in [0.3, 0.4) is 0 Å². The van der Waals surface area contributed by atoms with Gasteiger partial charge in [0.05, 0.1) is 6.61 Å². The molecule has 0 bridgehead atoms. The number of hydrogen-bond acceptors (Lipinski definition) is 3. The summed E-state index contributed by atoms with van der Waals surface area (Å²) in [7, 11) is 0. The molecule has 1 aliphatic heterocycles. The smallest absolute Gasteiger partial charge is 0.317 e. The maximum Gasteiger partial charge on any atom is 0.317 e. The van der Waals surface area contributed by atoms with Crippen LogP contribution >= 0.6 is 11.8 Å². The van der Waals surface area contributed by atoms with Gasteiger partial charge in [-0.3, -0.25) is 0 Å². The average molecular weight is 308 g/mol. The van der Waals surface area contributed by atoms with Crippen LogP contribution in [0.15, 0.2) is 35.2 Å². The third-order valence-electron chi connectivity index (χ3n) is 3.56. The molecule has 0 unspecified atom stereocenters. The molecule has 21 heavy (non-hydrogen) atoms. The number of carbonyl (C=O) groups is 1. The van der Waals surface area contributed by atoms with Crippen LogP contribution in [-0.4, -0.2) is 49.0 Å². The Hall–Kier alpha value is -1.20. The van der Waals surface area contributed by atoms with E-state index in [1.54, 1.807) is 0 Å². The van der Waals surface area contributed by atoms with Crippen LogP contribution in [0.5, 0.6) is 0 Å². The van der Waals surface area contributed by atoms with Crippen molar-refractivity contribution >= 4 is 17.8 Å². The molecule has 4 nitrogen and oxygen atoms in total. The van der Waals surface area contributed by atoms with E-state index < -0.39 is 0 Å². The van der Waals surface area contributed by atoms with Gasteiger partial charge in [0.25, 0.3) is 0 Å². The van der Waals surface area contributed by atoms with Crippen molar-refractivity contribution in [1.29, 1.82) is 0 Å². The Morgan fingerprint density at radius 3 is 3.00 bits per heavy atom. The second kappa shape index (κ2) is 8.95. The van der Waals surface area contributed by atoms with Crippen LogP contribution < -0.4 is 5.32 Å². The fraction of sp³-hybridized carbons (Fsp3) is 0.562. The van der Waals surface area contributed by atoms with Crippen molar-refractivity contribution in [2.24, 2.45) is 0 Å². The lowest BCUT2D eigenvalue weighted by molar-refractivity contribution is 0.142. The Labute approximate surface area is 131 Å². The number of thioether (sulfide) groups is 1. The molecule has 2 rings (SSSR count). The summed E-state index contributed by atoms with van der Waals surface area (Å²) >= 11 is 1.83. The van der Waals surface area contributed by atoms with Crippen molar-refractivity contribution < 1.29 is 9.53 Å². The molecular formula is C16H24N2O2S. The quantitative estimate of drug-likeness (QED) is 0.671. The molecule has 0 spiro atoms. The van der Waals surface area contributed by atoms with Gasteiger partial charge in [-0.25, -0.2) is 4.79 Å². The second-order valence-corrected chi connectivity index (χ2v) is 6.36. The van der Waals surface area contributed by atoms with Crippen molar-refractivity contribution in [1.82, 2.24) is 10.2 Å². The van der Waals surface area contributed by atoms with Crippen molar-refractivity contribution in [3.63, 3.8) is 0 Å². The predicted octanol–water partition coefficient (Wildman–Crippen LogP) is 2.99. The van der Waals surface area contributed by atoms with Gasteiger partial charge in [-0.2, -0.15) is 0 Å². The van der Waals surface area contributed by atoms with Gasteiger partial charge < -0.3 is 15.0 Å². The standard InChI is InChI=1S/C16H24N2O2S/c1-14-8-11-20-12-10-18(14)16(19)17-9-5-13-21-15-6-3-2-4-7-15/h2-4,6-7,14H,5,8-13H2,1H3,(H,17,19)/t14-/m1/s1. The third kappa shape index (κ3) is 5.59. The average Bonchev–Trinajstić information content (AvgIpc) is 2.72. The van der Waals surface area contributed by atoms with E-state index in [-0.39, 0.29) is 12.1 Å². The Balaban J connectivity index is 1.62. The number of rotatable bonds is 5. The molecule has 5 heteroatoms. The summed E-state index contributed by atoms with van der Waals surface area (Å²) in [4.78, 5) is 15.3. The van der Waals surface area contributed by atoms with E-state index in [1.807, 2.05) is 34.9 Å². The van der Waals surface area contributed by atoms with Crippen LogP contribution in [0.4, 0.5) is 4.79 Å². The third-order valence-corrected chi connectivity index (χ3v) is 4.66. The zero-order valence-electron chi connectivity index (χ0n) is 12.6. The van der Waals surface area contributed by atoms with E-state index in [4.69, 9.17) is 4.74 Å². The molecule has 1 aromatic rings. The van der Waals surface area contributed by atoms with Gasteiger partial charge in [-0.05, 0) is 37.7 Å². The summed E-state index contributed by atoms with van der Waals surface area (Å²) < 4.78 is 5.41. The number of nitrogens with one attached hydrogen (secondary N) is 1. The van der Waals surface area contributed by atoms with Gasteiger partial charge in [0.1, 0.15) is 0 Å². The molecule has 0 saturated carbocycles. The first kappa shape index (κ1) is 16.2. The highest BCUT2D eigenvalue weighted by molar-refractivity contribution is 7.99. The normalized spacial score (nSPS) is 19.1. The summed E-state index contributed by atoms with van der Waals surface area (Å²) in [6, 6.07) is 10.6. The maximum absolute atomic E-state index is 12.1. The van der Waals surface area contributed by atoms with Gasteiger partial charge in [0, 0.05) is 30.6 Å². The lowest BCUT2D eigenvalue weighted by Crippen LogP contribution is -2.45. The SMILES string of the molecule is C[C@@H]1CCOCCN1C(=O)NCCCSc1ccccc1. The maximum atomic E-state index is 12.1. The second-order valence-electron chi connectivity index (χ2n) is 5.19. The van der Waals surface area contributed by atoms with E-state index in [1.165, 1.54) is 4.90 Å². The van der Waals surface area contributed by atoms with Crippen molar-refractivity contribution in [2.45, 2.75) is 30.7 Å². The van der Waals surface area contributed by atoms with Crippen LogP contribution in [0.2, 0.25) is 0 Å². The minimum absolute atomic E-state index is 0.0395. The number of urea groups is 1. The molecule has 1 aromatic carbocycles. The van der Waals surface area contributed by atoms with Crippen molar-refractivity contribution in [3.8, 4) is 0 Å². The van der Waals surface area contributed by atoms with E-state index in [9.17, 15) is 4.79 Å². The van der Waals surface area contributed by atoms with Gasteiger partial charge in [-0.15, -0.1) is 11.8 Å². The Kier molecular flexibility index (Phi) is 6.89.